The molecule has 0 spiro atoms. The lowest BCUT2D eigenvalue weighted by Crippen LogP contribution is -2.30. The molecule has 3 aromatic rings. The van der Waals surface area contributed by atoms with E-state index >= 15 is 0 Å². The van der Waals surface area contributed by atoms with Crippen LogP contribution in [0.25, 0.3) is 22.3 Å². The van der Waals surface area contributed by atoms with Crippen LogP contribution in [0.3, 0.4) is 0 Å². The number of rotatable bonds is 6. The number of esters is 1. The molecule has 3 heterocycles. The number of hydrogen-bond acceptors (Lipinski definition) is 7. The van der Waals surface area contributed by atoms with Gasteiger partial charge in [0.05, 0.1) is 46.5 Å². The molecule has 0 saturated carbocycles. The highest BCUT2D eigenvalue weighted by atomic mass is 32.2. The highest BCUT2D eigenvalue weighted by Crippen LogP contribution is 2.32. The van der Waals surface area contributed by atoms with Gasteiger partial charge in [-0.2, -0.15) is 5.10 Å². The average Bonchev–Trinajstić information content (AvgIpc) is 3.31. The van der Waals surface area contributed by atoms with Gasteiger partial charge in [0.2, 0.25) is 0 Å². The zero-order valence-electron chi connectivity index (χ0n) is 17.9. The second kappa shape index (κ2) is 8.70. The van der Waals surface area contributed by atoms with Gasteiger partial charge in [-0.15, -0.1) is 0 Å². The SMILES string of the molecule is CCOC(=O)CNC(=O)c1cc(-c2ccccc2)nc2c1c(C)nn2C1CCS(=O)(=O)C1. The first-order chi connectivity index (χ1) is 15.3. The van der Waals surface area contributed by atoms with Crippen molar-refractivity contribution in [1.82, 2.24) is 20.1 Å². The number of benzene rings is 1. The van der Waals surface area contributed by atoms with Crippen LogP contribution in [0.5, 0.6) is 0 Å². The van der Waals surface area contributed by atoms with Crippen LogP contribution in [0.1, 0.15) is 35.4 Å². The fourth-order valence-corrected chi connectivity index (χ4v) is 5.62. The van der Waals surface area contributed by atoms with Crippen molar-refractivity contribution in [3.8, 4) is 11.3 Å². The van der Waals surface area contributed by atoms with Crippen molar-refractivity contribution in [2.75, 3.05) is 24.7 Å². The van der Waals surface area contributed by atoms with Gasteiger partial charge >= 0.3 is 5.97 Å². The summed E-state index contributed by atoms with van der Waals surface area (Å²) in [6.07, 6.45) is 0.445. The summed E-state index contributed by atoms with van der Waals surface area (Å²) in [6.45, 7) is 3.42. The Kier molecular flexibility index (Phi) is 5.96. The highest BCUT2D eigenvalue weighted by molar-refractivity contribution is 7.91. The maximum atomic E-state index is 13.1. The predicted molar refractivity (Wildman–Crippen MR) is 119 cm³/mol. The van der Waals surface area contributed by atoms with E-state index in [4.69, 9.17) is 9.72 Å². The Hall–Kier alpha value is -3.27. The quantitative estimate of drug-likeness (QED) is 0.564. The maximum Gasteiger partial charge on any atom is 0.325 e. The molecule has 168 valence electrons. The van der Waals surface area contributed by atoms with E-state index in [1.807, 2.05) is 30.3 Å². The number of aromatic nitrogens is 3. The molecule has 0 radical (unpaired) electrons. The molecule has 10 heteroatoms. The lowest BCUT2D eigenvalue weighted by molar-refractivity contribution is -0.141. The molecule has 0 aliphatic carbocycles. The predicted octanol–water partition coefficient (Wildman–Crippen LogP) is 2.06. The summed E-state index contributed by atoms with van der Waals surface area (Å²) in [7, 11) is -3.13. The standard InChI is InChI=1S/C22H24N4O5S/c1-3-31-19(27)12-23-22(28)17-11-18(15-7-5-4-6-8-15)24-21-20(17)14(2)25-26(21)16-9-10-32(29,30)13-16/h4-8,11,16H,3,9-10,12-13H2,1-2H3,(H,23,28). The summed E-state index contributed by atoms with van der Waals surface area (Å²) in [5.41, 5.74) is 2.70. The normalized spacial score (nSPS) is 17.4. The maximum absolute atomic E-state index is 13.1. The van der Waals surface area contributed by atoms with Gasteiger partial charge in [-0.25, -0.2) is 18.1 Å². The number of aryl methyl sites for hydroxylation is 1. The van der Waals surface area contributed by atoms with Crippen molar-refractivity contribution in [3.63, 3.8) is 0 Å². The summed E-state index contributed by atoms with van der Waals surface area (Å²) in [5, 5.41) is 7.69. The van der Waals surface area contributed by atoms with Crippen LogP contribution in [0.2, 0.25) is 0 Å². The number of carbonyl (C=O) groups excluding carboxylic acids is 2. The third-order valence-corrected chi connectivity index (χ3v) is 7.15. The van der Waals surface area contributed by atoms with Gasteiger partial charge in [0.1, 0.15) is 6.54 Å². The third kappa shape index (κ3) is 4.36. The van der Waals surface area contributed by atoms with E-state index < -0.39 is 21.7 Å². The zero-order valence-corrected chi connectivity index (χ0v) is 18.7. The number of fused-ring (bicyclic) bond motifs is 1. The van der Waals surface area contributed by atoms with Gasteiger partial charge < -0.3 is 10.1 Å². The second-order valence-corrected chi connectivity index (χ2v) is 9.92. The number of ether oxygens (including phenoxy) is 1. The third-order valence-electron chi connectivity index (χ3n) is 5.40. The molecule has 1 saturated heterocycles. The zero-order chi connectivity index (χ0) is 22.9. The van der Waals surface area contributed by atoms with Crippen LogP contribution in [0.4, 0.5) is 0 Å². The van der Waals surface area contributed by atoms with Crippen LogP contribution in [0, 0.1) is 6.92 Å². The van der Waals surface area contributed by atoms with Crippen molar-refractivity contribution in [1.29, 1.82) is 0 Å². The molecular formula is C22H24N4O5S. The highest BCUT2D eigenvalue weighted by Gasteiger charge is 2.32. The summed E-state index contributed by atoms with van der Waals surface area (Å²) in [4.78, 5) is 29.5. The van der Waals surface area contributed by atoms with E-state index in [-0.39, 0.29) is 30.7 Å². The van der Waals surface area contributed by atoms with E-state index in [1.54, 1.807) is 24.6 Å². The van der Waals surface area contributed by atoms with E-state index in [0.717, 1.165) is 5.56 Å². The molecule has 32 heavy (non-hydrogen) atoms. The number of nitrogens with one attached hydrogen (secondary N) is 1. The van der Waals surface area contributed by atoms with Crippen molar-refractivity contribution in [2.24, 2.45) is 0 Å². The molecule has 1 aliphatic rings. The van der Waals surface area contributed by atoms with Gasteiger partial charge in [-0.05, 0) is 26.3 Å². The Morgan fingerprint density at radius 2 is 2.00 bits per heavy atom. The van der Waals surface area contributed by atoms with E-state index in [1.165, 1.54) is 0 Å². The number of amides is 1. The summed E-state index contributed by atoms with van der Waals surface area (Å²) < 4.78 is 30.6. The molecule has 1 aliphatic heterocycles. The summed E-state index contributed by atoms with van der Waals surface area (Å²) in [6, 6.07) is 10.7. The number of pyridine rings is 1. The first-order valence-corrected chi connectivity index (χ1v) is 12.2. The second-order valence-electron chi connectivity index (χ2n) is 7.69. The van der Waals surface area contributed by atoms with Gasteiger partial charge in [0.25, 0.3) is 5.91 Å². The molecule has 1 fully saturated rings. The van der Waals surface area contributed by atoms with Gasteiger partial charge in [0, 0.05) is 5.56 Å². The van der Waals surface area contributed by atoms with Crippen LogP contribution < -0.4 is 5.32 Å². The van der Waals surface area contributed by atoms with Crippen LogP contribution in [0.15, 0.2) is 36.4 Å². The summed E-state index contributed by atoms with van der Waals surface area (Å²) >= 11 is 0. The van der Waals surface area contributed by atoms with E-state index in [2.05, 4.69) is 10.4 Å². The van der Waals surface area contributed by atoms with Crippen LogP contribution >= 0.6 is 0 Å². The topological polar surface area (TPSA) is 120 Å². The molecule has 4 rings (SSSR count). The minimum atomic E-state index is -3.13. The minimum absolute atomic E-state index is 0.00907. The lowest BCUT2D eigenvalue weighted by Gasteiger charge is -2.12. The number of sulfone groups is 1. The number of nitrogens with zero attached hydrogens (tertiary/aromatic N) is 3. The van der Waals surface area contributed by atoms with Crippen molar-refractivity contribution >= 4 is 32.7 Å². The Labute approximate surface area is 185 Å². The van der Waals surface area contributed by atoms with Gasteiger partial charge in [-0.3, -0.25) is 9.59 Å². The van der Waals surface area contributed by atoms with E-state index in [0.29, 0.717) is 34.4 Å². The number of carbonyl (C=O) groups is 2. The molecule has 1 unspecified atom stereocenters. The van der Waals surface area contributed by atoms with Crippen LogP contribution in [-0.2, 0) is 19.4 Å². The van der Waals surface area contributed by atoms with Gasteiger partial charge in [0.15, 0.2) is 15.5 Å². The molecule has 9 nitrogen and oxygen atoms in total. The molecule has 1 amide bonds. The van der Waals surface area contributed by atoms with Gasteiger partial charge in [-0.1, -0.05) is 30.3 Å². The lowest BCUT2D eigenvalue weighted by atomic mass is 10.0. The van der Waals surface area contributed by atoms with Crippen molar-refractivity contribution in [3.05, 3.63) is 47.7 Å². The molecule has 2 aromatic heterocycles. The Morgan fingerprint density at radius 1 is 1.25 bits per heavy atom. The molecule has 1 aromatic carbocycles. The molecule has 1 atom stereocenters. The average molecular weight is 457 g/mol. The minimum Gasteiger partial charge on any atom is -0.465 e. The first-order valence-electron chi connectivity index (χ1n) is 10.4. The Morgan fingerprint density at radius 3 is 2.66 bits per heavy atom. The summed E-state index contributed by atoms with van der Waals surface area (Å²) in [5.74, 6) is -0.892. The van der Waals surface area contributed by atoms with Crippen molar-refractivity contribution in [2.45, 2.75) is 26.3 Å². The number of hydrogen-bond donors (Lipinski definition) is 1. The van der Waals surface area contributed by atoms with E-state index in [9.17, 15) is 18.0 Å². The van der Waals surface area contributed by atoms with Crippen molar-refractivity contribution < 1.29 is 22.7 Å². The fourth-order valence-electron chi connectivity index (χ4n) is 3.93. The largest absolute Gasteiger partial charge is 0.465 e. The molecule has 0 bridgehead atoms. The smallest absolute Gasteiger partial charge is 0.325 e. The molecule has 1 N–H and O–H groups in total. The monoisotopic (exact) mass is 456 g/mol. The van der Waals surface area contributed by atoms with Crippen LogP contribution in [-0.4, -0.2) is 59.7 Å². The Bertz CT molecular complexity index is 1280. The Balaban J connectivity index is 1.83. The first kappa shape index (κ1) is 21.9. The molecular weight excluding hydrogens is 432 g/mol. The fraction of sp³-hybridized carbons (Fsp3) is 0.364.